The van der Waals surface area contributed by atoms with Crippen molar-refractivity contribution in [3.05, 3.63) is 39.7 Å². The molecule has 15 heavy (non-hydrogen) atoms. The third-order valence-electron chi connectivity index (χ3n) is 2.08. The van der Waals surface area contributed by atoms with Crippen LogP contribution in [-0.2, 0) is 0 Å². The molecule has 2 rings (SSSR count). The minimum Gasteiger partial charge on any atom is -0.295 e. The second kappa shape index (κ2) is 4.13. The van der Waals surface area contributed by atoms with Gasteiger partial charge in [0.25, 0.3) is 0 Å². The van der Waals surface area contributed by atoms with E-state index in [4.69, 9.17) is 11.6 Å². The second-order valence-corrected chi connectivity index (χ2v) is 4.25. The van der Waals surface area contributed by atoms with Gasteiger partial charge >= 0.3 is 0 Å². The van der Waals surface area contributed by atoms with E-state index in [-0.39, 0.29) is 5.78 Å². The van der Waals surface area contributed by atoms with Gasteiger partial charge in [-0.1, -0.05) is 23.7 Å². The van der Waals surface area contributed by atoms with E-state index in [9.17, 15) is 4.79 Å². The lowest BCUT2D eigenvalue weighted by atomic mass is 10.1. The summed E-state index contributed by atoms with van der Waals surface area (Å²) >= 11 is 7.59. The first-order valence-electron chi connectivity index (χ1n) is 4.37. The van der Waals surface area contributed by atoms with E-state index in [2.05, 4.69) is 4.98 Å². The molecule has 1 heterocycles. The normalized spacial score (nSPS) is 10.3. The molecule has 0 atom stereocenters. The molecule has 0 spiro atoms. The molecular formula is C11H8ClNOS. The molecule has 0 aliphatic carbocycles. The molecule has 0 aliphatic rings. The Labute approximate surface area is 96.5 Å². The van der Waals surface area contributed by atoms with E-state index in [0.717, 1.165) is 11.3 Å². The van der Waals surface area contributed by atoms with Gasteiger partial charge in [0, 0.05) is 16.5 Å². The number of carbonyl (C=O) groups is 1. The summed E-state index contributed by atoms with van der Waals surface area (Å²) in [6.07, 6.45) is 0. The molecule has 0 radical (unpaired) electrons. The first-order valence-corrected chi connectivity index (χ1v) is 5.69. The number of halogens is 1. The Kier molecular flexibility index (Phi) is 2.84. The highest BCUT2D eigenvalue weighted by Gasteiger charge is 2.07. The average molecular weight is 238 g/mol. The number of thiazole rings is 1. The lowest BCUT2D eigenvalue weighted by molar-refractivity contribution is 0.101. The van der Waals surface area contributed by atoms with Crippen LogP contribution >= 0.6 is 22.9 Å². The Morgan fingerprint density at radius 2 is 2.27 bits per heavy atom. The van der Waals surface area contributed by atoms with E-state index in [0.29, 0.717) is 10.6 Å². The van der Waals surface area contributed by atoms with Crippen LogP contribution in [-0.4, -0.2) is 10.8 Å². The standard InChI is InChI=1S/C11H8ClNOS/c1-7(14)8-2-3-9(10(12)4-8)11-5-15-6-13-11/h2-6H,1H3. The minimum absolute atomic E-state index is 0.0155. The van der Waals surface area contributed by atoms with Crippen molar-refractivity contribution in [2.75, 3.05) is 0 Å². The van der Waals surface area contributed by atoms with Crippen LogP contribution in [0, 0.1) is 0 Å². The van der Waals surface area contributed by atoms with Crippen LogP contribution in [0.1, 0.15) is 17.3 Å². The predicted octanol–water partition coefficient (Wildman–Crippen LogP) is 3.67. The van der Waals surface area contributed by atoms with Crippen LogP contribution < -0.4 is 0 Å². The summed E-state index contributed by atoms with van der Waals surface area (Å²) in [5, 5.41) is 2.49. The van der Waals surface area contributed by atoms with Gasteiger partial charge in [-0.05, 0) is 13.0 Å². The third kappa shape index (κ3) is 2.08. The summed E-state index contributed by atoms with van der Waals surface area (Å²) in [5.74, 6) is 0.0155. The number of Topliss-reactive ketones (excluding diaryl/α,β-unsaturated/α-hetero) is 1. The molecule has 1 aromatic carbocycles. The number of hydrogen-bond acceptors (Lipinski definition) is 3. The zero-order valence-corrected chi connectivity index (χ0v) is 9.60. The van der Waals surface area contributed by atoms with Gasteiger partial charge in [0.05, 0.1) is 16.2 Å². The number of hydrogen-bond donors (Lipinski definition) is 0. The molecule has 4 heteroatoms. The summed E-state index contributed by atoms with van der Waals surface area (Å²) in [7, 11) is 0. The minimum atomic E-state index is 0.0155. The van der Waals surface area contributed by atoms with Gasteiger partial charge in [0.15, 0.2) is 5.78 Å². The molecule has 0 bridgehead atoms. The van der Waals surface area contributed by atoms with Crippen molar-refractivity contribution in [3.8, 4) is 11.3 Å². The number of benzene rings is 1. The van der Waals surface area contributed by atoms with Crippen LogP contribution in [0.5, 0.6) is 0 Å². The van der Waals surface area contributed by atoms with Crippen molar-refractivity contribution in [2.24, 2.45) is 0 Å². The maximum absolute atomic E-state index is 11.1. The SMILES string of the molecule is CC(=O)c1ccc(-c2cscn2)c(Cl)c1. The molecule has 0 unspecified atom stereocenters. The lowest BCUT2D eigenvalue weighted by Crippen LogP contribution is -1.92. The fraction of sp³-hybridized carbons (Fsp3) is 0.0909. The van der Waals surface area contributed by atoms with E-state index in [1.165, 1.54) is 18.3 Å². The van der Waals surface area contributed by atoms with Crippen LogP contribution in [0.25, 0.3) is 11.3 Å². The highest BCUT2D eigenvalue weighted by atomic mass is 35.5. The summed E-state index contributed by atoms with van der Waals surface area (Å²) in [5.41, 5.74) is 4.09. The van der Waals surface area contributed by atoms with E-state index < -0.39 is 0 Å². The zero-order valence-electron chi connectivity index (χ0n) is 8.03. The predicted molar refractivity (Wildman–Crippen MR) is 62.6 cm³/mol. The second-order valence-electron chi connectivity index (χ2n) is 3.12. The van der Waals surface area contributed by atoms with Crippen LogP contribution in [0.3, 0.4) is 0 Å². The largest absolute Gasteiger partial charge is 0.295 e. The van der Waals surface area contributed by atoms with E-state index in [1.807, 2.05) is 11.4 Å². The topological polar surface area (TPSA) is 30.0 Å². The van der Waals surface area contributed by atoms with Crippen molar-refractivity contribution in [1.82, 2.24) is 4.98 Å². The van der Waals surface area contributed by atoms with Crippen molar-refractivity contribution in [3.63, 3.8) is 0 Å². The van der Waals surface area contributed by atoms with Crippen molar-refractivity contribution >= 4 is 28.7 Å². The Hall–Kier alpha value is -1.19. The Bertz CT molecular complexity index is 493. The van der Waals surface area contributed by atoms with Crippen LogP contribution in [0.4, 0.5) is 0 Å². The monoisotopic (exact) mass is 237 g/mol. The lowest BCUT2D eigenvalue weighted by Gasteiger charge is -2.02. The smallest absolute Gasteiger partial charge is 0.159 e. The highest BCUT2D eigenvalue weighted by molar-refractivity contribution is 7.07. The maximum Gasteiger partial charge on any atom is 0.159 e. The molecule has 2 nitrogen and oxygen atoms in total. The van der Waals surface area contributed by atoms with Gasteiger partial charge in [-0.25, -0.2) is 4.98 Å². The number of ketones is 1. The maximum atomic E-state index is 11.1. The molecule has 0 saturated carbocycles. The Morgan fingerprint density at radius 1 is 1.47 bits per heavy atom. The third-order valence-corrected chi connectivity index (χ3v) is 2.98. The van der Waals surface area contributed by atoms with Crippen molar-refractivity contribution in [2.45, 2.75) is 6.92 Å². The number of carbonyl (C=O) groups excluding carboxylic acids is 1. The van der Waals surface area contributed by atoms with E-state index >= 15 is 0 Å². The quantitative estimate of drug-likeness (QED) is 0.746. The molecule has 0 amide bonds. The van der Waals surface area contributed by atoms with Crippen LogP contribution in [0.2, 0.25) is 5.02 Å². The Morgan fingerprint density at radius 3 is 2.80 bits per heavy atom. The van der Waals surface area contributed by atoms with Gasteiger partial charge in [-0.2, -0.15) is 0 Å². The van der Waals surface area contributed by atoms with Crippen LogP contribution in [0.15, 0.2) is 29.1 Å². The fourth-order valence-corrected chi connectivity index (χ4v) is 2.12. The molecule has 0 fully saturated rings. The Balaban J connectivity index is 2.48. The highest BCUT2D eigenvalue weighted by Crippen LogP contribution is 2.28. The number of rotatable bonds is 2. The zero-order chi connectivity index (χ0) is 10.8. The molecule has 2 aromatic rings. The molecule has 76 valence electrons. The van der Waals surface area contributed by atoms with Crippen molar-refractivity contribution in [1.29, 1.82) is 0 Å². The number of nitrogens with zero attached hydrogens (tertiary/aromatic N) is 1. The van der Waals surface area contributed by atoms with Gasteiger partial charge in [-0.15, -0.1) is 11.3 Å². The average Bonchev–Trinajstić information content (AvgIpc) is 2.70. The van der Waals surface area contributed by atoms with E-state index in [1.54, 1.807) is 17.6 Å². The molecule has 0 aliphatic heterocycles. The molecule has 1 aromatic heterocycles. The van der Waals surface area contributed by atoms with Gasteiger partial charge < -0.3 is 0 Å². The number of aromatic nitrogens is 1. The first-order chi connectivity index (χ1) is 7.18. The van der Waals surface area contributed by atoms with Gasteiger partial charge in [-0.3, -0.25) is 4.79 Å². The fourth-order valence-electron chi connectivity index (χ4n) is 1.29. The molecular weight excluding hydrogens is 230 g/mol. The van der Waals surface area contributed by atoms with Gasteiger partial charge in [0.1, 0.15) is 0 Å². The summed E-state index contributed by atoms with van der Waals surface area (Å²) in [6, 6.07) is 5.27. The summed E-state index contributed by atoms with van der Waals surface area (Å²) in [6.45, 7) is 1.52. The van der Waals surface area contributed by atoms with Gasteiger partial charge in [0.2, 0.25) is 0 Å². The summed E-state index contributed by atoms with van der Waals surface area (Å²) in [4.78, 5) is 15.3. The van der Waals surface area contributed by atoms with Crippen molar-refractivity contribution < 1.29 is 4.79 Å². The first kappa shape index (κ1) is 10.3. The molecule has 0 N–H and O–H groups in total. The molecule has 0 saturated heterocycles. The summed E-state index contributed by atoms with van der Waals surface area (Å²) < 4.78 is 0.